The van der Waals surface area contributed by atoms with Crippen LogP contribution in [0.1, 0.15) is 37.6 Å². The molecule has 0 bridgehead atoms. The molecule has 0 fully saturated rings. The average molecular weight is 409 g/mol. The van der Waals surface area contributed by atoms with Crippen molar-refractivity contribution in [3.8, 4) is 0 Å². The number of benzene rings is 1. The number of carbonyl (C=O) groups is 1. The number of carbonyl (C=O) groups excluding carboxylic acids is 1. The molecule has 0 aliphatic rings. The molecule has 0 saturated heterocycles. The molecular formula is C17H26F3N3O3S. The van der Waals surface area contributed by atoms with Crippen LogP contribution in [-0.4, -0.2) is 51.4 Å². The fourth-order valence-corrected chi connectivity index (χ4v) is 2.82. The van der Waals surface area contributed by atoms with Crippen LogP contribution in [0.25, 0.3) is 0 Å². The summed E-state index contributed by atoms with van der Waals surface area (Å²) in [5.41, 5.74) is -5.64. The van der Waals surface area contributed by atoms with E-state index in [1.807, 2.05) is 39.8 Å². The van der Waals surface area contributed by atoms with Crippen LogP contribution < -0.4 is 10.0 Å². The van der Waals surface area contributed by atoms with E-state index in [9.17, 15) is 26.4 Å². The number of nitrogens with zero attached hydrogens (tertiary/aromatic N) is 1. The van der Waals surface area contributed by atoms with Crippen molar-refractivity contribution < 1.29 is 26.4 Å². The Kier molecular flexibility index (Phi) is 7.29. The summed E-state index contributed by atoms with van der Waals surface area (Å²) in [6, 6.07) is 4.66. The number of anilines is 1. The van der Waals surface area contributed by atoms with Gasteiger partial charge in [-0.2, -0.15) is 21.6 Å². The summed E-state index contributed by atoms with van der Waals surface area (Å²) in [5, 5.41) is 2.94. The molecule has 1 unspecified atom stereocenters. The number of alkyl halides is 3. The Bertz CT molecular complexity index is 739. The monoisotopic (exact) mass is 409 g/mol. The molecule has 1 amide bonds. The molecule has 0 heterocycles. The van der Waals surface area contributed by atoms with Crippen LogP contribution in [0.15, 0.2) is 24.3 Å². The molecule has 1 atom stereocenters. The van der Waals surface area contributed by atoms with Gasteiger partial charge in [-0.3, -0.25) is 9.52 Å². The summed E-state index contributed by atoms with van der Waals surface area (Å²) >= 11 is 0. The third kappa shape index (κ3) is 7.02. The highest BCUT2D eigenvalue weighted by Gasteiger charge is 2.46. The highest BCUT2D eigenvalue weighted by atomic mass is 32.2. The largest absolute Gasteiger partial charge is 0.516 e. The van der Waals surface area contributed by atoms with Gasteiger partial charge in [-0.05, 0) is 56.7 Å². The minimum atomic E-state index is -5.49. The molecule has 154 valence electrons. The van der Waals surface area contributed by atoms with Crippen LogP contribution in [0.4, 0.5) is 18.9 Å². The fraction of sp³-hybridized carbons (Fsp3) is 0.588. The number of halogens is 3. The van der Waals surface area contributed by atoms with Gasteiger partial charge in [-0.15, -0.1) is 0 Å². The highest BCUT2D eigenvalue weighted by molar-refractivity contribution is 7.93. The van der Waals surface area contributed by atoms with Crippen LogP contribution in [0.2, 0.25) is 0 Å². The fourth-order valence-electron chi connectivity index (χ4n) is 2.25. The quantitative estimate of drug-likeness (QED) is 0.726. The molecule has 10 heteroatoms. The molecule has 0 aliphatic heterocycles. The summed E-state index contributed by atoms with van der Waals surface area (Å²) in [6.45, 7) is 6.79. The van der Waals surface area contributed by atoms with Gasteiger partial charge in [0.2, 0.25) is 0 Å². The lowest BCUT2D eigenvalue weighted by molar-refractivity contribution is -0.0429. The van der Waals surface area contributed by atoms with Crippen molar-refractivity contribution >= 4 is 21.6 Å². The Balaban J connectivity index is 2.86. The number of rotatable bonds is 7. The predicted octanol–water partition coefficient (Wildman–Crippen LogP) is 3.04. The number of hydrogen-bond donors (Lipinski definition) is 2. The van der Waals surface area contributed by atoms with Crippen molar-refractivity contribution in [2.24, 2.45) is 5.41 Å². The molecule has 1 aromatic carbocycles. The van der Waals surface area contributed by atoms with E-state index in [4.69, 9.17) is 0 Å². The average Bonchev–Trinajstić information content (AvgIpc) is 2.49. The molecule has 0 spiro atoms. The van der Waals surface area contributed by atoms with Crippen LogP contribution >= 0.6 is 0 Å². The van der Waals surface area contributed by atoms with Crippen LogP contribution in [0.5, 0.6) is 0 Å². The van der Waals surface area contributed by atoms with Gasteiger partial charge in [0.25, 0.3) is 5.91 Å². The zero-order chi connectivity index (χ0) is 21.0. The molecule has 0 aromatic heterocycles. The topological polar surface area (TPSA) is 78.5 Å². The van der Waals surface area contributed by atoms with E-state index in [2.05, 4.69) is 5.32 Å². The molecule has 0 aliphatic carbocycles. The molecule has 2 N–H and O–H groups in total. The molecule has 1 rings (SSSR count). The van der Waals surface area contributed by atoms with E-state index in [0.29, 0.717) is 0 Å². The van der Waals surface area contributed by atoms with E-state index in [1.165, 1.54) is 16.9 Å². The van der Waals surface area contributed by atoms with Gasteiger partial charge in [-0.25, -0.2) is 0 Å². The lowest BCUT2D eigenvalue weighted by Gasteiger charge is -2.32. The van der Waals surface area contributed by atoms with Crippen molar-refractivity contribution in [2.75, 3.05) is 25.4 Å². The Hall–Kier alpha value is -1.81. The third-order valence-corrected chi connectivity index (χ3v) is 5.03. The Morgan fingerprint density at radius 1 is 1.11 bits per heavy atom. The van der Waals surface area contributed by atoms with Crippen LogP contribution in [0, 0.1) is 5.41 Å². The van der Waals surface area contributed by atoms with Crippen molar-refractivity contribution in [2.45, 2.75) is 38.7 Å². The zero-order valence-corrected chi connectivity index (χ0v) is 16.8. The first kappa shape index (κ1) is 23.2. The maximum absolute atomic E-state index is 12.5. The van der Waals surface area contributed by atoms with Gasteiger partial charge in [0, 0.05) is 17.3 Å². The lowest BCUT2D eigenvalue weighted by Crippen LogP contribution is -2.45. The van der Waals surface area contributed by atoms with E-state index in [1.54, 1.807) is 0 Å². The summed E-state index contributed by atoms with van der Waals surface area (Å²) in [6.07, 6.45) is 0.728. The maximum Gasteiger partial charge on any atom is 0.516 e. The smallest absolute Gasteiger partial charge is 0.349 e. The molecule has 1 aromatic rings. The summed E-state index contributed by atoms with van der Waals surface area (Å²) in [4.78, 5) is 14.5. The summed E-state index contributed by atoms with van der Waals surface area (Å²) < 4.78 is 60.8. The zero-order valence-electron chi connectivity index (χ0n) is 16.0. The summed E-state index contributed by atoms with van der Waals surface area (Å²) in [7, 11) is -1.63. The first-order chi connectivity index (χ1) is 12.1. The number of nitrogens with one attached hydrogen (secondary N) is 2. The van der Waals surface area contributed by atoms with E-state index in [0.717, 1.165) is 25.1 Å². The second-order valence-electron chi connectivity index (χ2n) is 7.61. The maximum atomic E-state index is 12.5. The highest BCUT2D eigenvalue weighted by Crippen LogP contribution is 2.26. The Morgan fingerprint density at radius 3 is 2.04 bits per heavy atom. The van der Waals surface area contributed by atoms with Crippen molar-refractivity contribution in [1.82, 2.24) is 10.2 Å². The molecule has 6 nitrogen and oxygen atoms in total. The van der Waals surface area contributed by atoms with E-state index in [-0.39, 0.29) is 28.6 Å². The molecule has 27 heavy (non-hydrogen) atoms. The van der Waals surface area contributed by atoms with Crippen molar-refractivity contribution in [3.63, 3.8) is 0 Å². The van der Waals surface area contributed by atoms with E-state index >= 15 is 0 Å². The van der Waals surface area contributed by atoms with Gasteiger partial charge >= 0.3 is 15.5 Å². The predicted molar refractivity (Wildman–Crippen MR) is 98.9 cm³/mol. The minimum Gasteiger partial charge on any atom is -0.349 e. The third-order valence-electron chi connectivity index (χ3n) is 3.92. The van der Waals surface area contributed by atoms with Crippen LogP contribution in [0.3, 0.4) is 0 Å². The second kappa shape index (κ2) is 8.47. The first-order valence-corrected chi connectivity index (χ1v) is 9.76. The van der Waals surface area contributed by atoms with Gasteiger partial charge < -0.3 is 10.2 Å². The van der Waals surface area contributed by atoms with Gasteiger partial charge in [0.15, 0.2) is 0 Å². The minimum absolute atomic E-state index is 0.115. The van der Waals surface area contributed by atoms with Gasteiger partial charge in [0.05, 0.1) is 0 Å². The summed E-state index contributed by atoms with van der Waals surface area (Å²) in [5.74, 6) is -0.376. The Labute approximate surface area is 158 Å². The molecule has 0 radical (unpaired) electrons. The normalized spacial score (nSPS) is 14.1. The molecular weight excluding hydrogens is 383 g/mol. The van der Waals surface area contributed by atoms with E-state index < -0.39 is 15.5 Å². The number of hydrogen-bond acceptors (Lipinski definition) is 4. The van der Waals surface area contributed by atoms with Gasteiger partial charge in [0.1, 0.15) is 0 Å². The Morgan fingerprint density at radius 2 is 1.63 bits per heavy atom. The van der Waals surface area contributed by atoms with Gasteiger partial charge in [-0.1, -0.05) is 20.8 Å². The second-order valence-corrected chi connectivity index (χ2v) is 9.29. The van der Waals surface area contributed by atoms with Crippen molar-refractivity contribution in [1.29, 1.82) is 0 Å². The lowest BCUT2D eigenvalue weighted by atomic mass is 9.84. The standard InChI is InChI=1S/C17H26F3N3O3S/c1-16(2,3)14(10-11-23(4)5)21-15(24)12-6-8-13(9-7-12)22-27(25,26)17(18,19)20/h6-9,14,22H,10-11H2,1-5H3,(H,21,24). The molecule has 0 saturated carbocycles. The first-order valence-electron chi connectivity index (χ1n) is 8.28. The number of amides is 1. The van der Waals surface area contributed by atoms with Crippen molar-refractivity contribution in [3.05, 3.63) is 29.8 Å². The number of sulfonamides is 1. The van der Waals surface area contributed by atoms with Crippen LogP contribution in [-0.2, 0) is 10.0 Å². The SMILES string of the molecule is CN(C)CCC(NC(=O)c1ccc(NS(=O)(=O)C(F)(F)F)cc1)C(C)(C)C.